The van der Waals surface area contributed by atoms with Gasteiger partial charge in [-0.15, -0.1) is 0 Å². The Morgan fingerprint density at radius 1 is 0.812 bits per heavy atom. The van der Waals surface area contributed by atoms with Gasteiger partial charge in [0.05, 0.1) is 11.7 Å². The van der Waals surface area contributed by atoms with Crippen LogP contribution in [-0.2, 0) is 19.9 Å². The van der Waals surface area contributed by atoms with Crippen LogP contribution >= 0.6 is 0 Å². The van der Waals surface area contributed by atoms with Crippen molar-refractivity contribution in [1.29, 1.82) is 0 Å². The van der Waals surface area contributed by atoms with Gasteiger partial charge < -0.3 is 40.4 Å². The second-order valence-electron chi connectivity index (χ2n) is 20.9. The van der Waals surface area contributed by atoms with Crippen molar-refractivity contribution in [3.05, 3.63) is 94.1 Å². The molecule has 3 fully saturated rings. The third-order valence-corrected chi connectivity index (χ3v) is 16.7. The minimum Gasteiger partial charge on any atom is -0.508 e. The van der Waals surface area contributed by atoms with Gasteiger partial charge in [0.2, 0.25) is 6.41 Å². The zero-order valence-corrected chi connectivity index (χ0v) is 43.0. The molecule has 0 bridgehead atoms. The van der Waals surface area contributed by atoms with E-state index < -0.39 is 11.6 Å². The predicted molar refractivity (Wildman–Crippen MR) is 274 cm³/mol. The number of ether oxygens (including phenoxy) is 3. The van der Waals surface area contributed by atoms with Crippen molar-refractivity contribution in [3.8, 4) is 23.0 Å². The van der Waals surface area contributed by atoms with E-state index in [9.17, 15) is 24.6 Å². The molecule has 1 spiro atoms. The van der Waals surface area contributed by atoms with Gasteiger partial charge in [0.1, 0.15) is 29.3 Å². The van der Waals surface area contributed by atoms with Crippen LogP contribution in [0.15, 0.2) is 66.2 Å². The van der Waals surface area contributed by atoms with Gasteiger partial charge in [0, 0.05) is 54.6 Å². The maximum Gasteiger partial charge on any atom is 0.340 e. The van der Waals surface area contributed by atoms with Crippen molar-refractivity contribution in [3.63, 3.8) is 0 Å². The molecule has 0 saturated heterocycles. The van der Waals surface area contributed by atoms with Crippen LogP contribution in [0.4, 0.5) is 0 Å². The lowest BCUT2D eigenvalue weighted by atomic mass is 9.47. The fourth-order valence-electron chi connectivity index (χ4n) is 13.0. The van der Waals surface area contributed by atoms with Crippen LogP contribution in [0.25, 0.3) is 0 Å². The van der Waals surface area contributed by atoms with Gasteiger partial charge in [-0.3, -0.25) is 9.59 Å². The molecule has 3 aromatic rings. The Bertz CT molecular complexity index is 2170. The number of rotatable bonds is 16. The van der Waals surface area contributed by atoms with Crippen LogP contribution in [0.5, 0.6) is 23.0 Å². The highest BCUT2D eigenvalue weighted by molar-refractivity contribution is 5.98. The lowest BCUT2D eigenvalue weighted by Crippen LogP contribution is -2.50. The average molecular weight is 950 g/mol. The quantitative estimate of drug-likeness (QED) is 0.0405. The van der Waals surface area contributed by atoms with Crippen molar-refractivity contribution in [2.75, 3.05) is 40.3 Å². The first-order valence-electron chi connectivity index (χ1n) is 26.2. The molecule has 2 heterocycles. The number of amides is 1. The largest absolute Gasteiger partial charge is 0.508 e. The SMILES string of the molecule is CC.CNCCCCNCCNC=O.COC1CCC2(C)C(=CCC3C2CCC2(C)C(CCCCC(C)C)CCC32)C1.O=Cc1ccc2c(c1)C(=O)OC21c2ccc(O)cc2Oc2cc(O)ccc21. The molecule has 378 valence electrons. The Labute approximate surface area is 412 Å². The number of aromatic hydroxyl groups is 2. The van der Waals surface area contributed by atoms with Gasteiger partial charge in [-0.1, -0.05) is 84.6 Å². The second-order valence-corrected chi connectivity index (χ2v) is 20.9. The fourth-order valence-corrected chi connectivity index (χ4v) is 13.0. The molecule has 0 radical (unpaired) electrons. The Morgan fingerprint density at radius 2 is 1.51 bits per heavy atom. The number of nitrogens with one attached hydrogen (secondary N) is 3. The summed E-state index contributed by atoms with van der Waals surface area (Å²) in [6.07, 6.45) is 24.0. The number of fused-ring (bicyclic) bond motifs is 11. The number of hydrogen-bond acceptors (Lipinski definition) is 10. The van der Waals surface area contributed by atoms with E-state index in [1.807, 2.05) is 28.0 Å². The average Bonchev–Trinajstić information content (AvgIpc) is 3.84. The van der Waals surface area contributed by atoms with E-state index in [1.165, 1.54) is 120 Å². The molecular formula is C58H83N3O8. The molecule has 11 heteroatoms. The summed E-state index contributed by atoms with van der Waals surface area (Å²) in [6.45, 7) is 17.8. The van der Waals surface area contributed by atoms with Gasteiger partial charge in [0.15, 0.2) is 5.60 Å². The Balaban J connectivity index is 0.000000180. The van der Waals surface area contributed by atoms with E-state index in [4.69, 9.17) is 14.2 Å². The summed E-state index contributed by atoms with van der Waals surface area (Å²) < 4.78 is 17.5. The molecule has 69 heavy (non-hydrogen) atoms. The van der Waals surface area contributed by atoms with Gasteiger partial charge in [0.25, 0.3) is 0 Å². The number of carbonyl (C=O) groups excluding carboxylic acids is 3. The number of phenolic OH excluding ortho intramolecular Hbond substituents is 2. The van der Waals surface area contributed by atoms with Crippen molar-refractivity contribution in [1.82, 2.24) is 16.0 Å². The number of hydrogen-bond donors (Lipinski definition) is 5. The Morgan fingerprint density at radius 3 is 2.16 bits per heavy atom. The number of phenols is 2. The van der Waals surface area contributed by atoms with Gasteiger partial charge in [-0.25, -0.2) is 4.79 Å². The molecule has 3 saturated carbocycles. The molecule has 1 amide bonds. The third-order valence-electron chi connectivity index (χ3n) is 16.7. The molecule has 0 aromatic heterocycles. The van der Waals surface area contributed by atoms with Crippen molar-refractivity contribution in [2.45, 2.75) is 143 Å². The van der Waals surface area contributed by atoms with E-state index in [2.05, 4.69) is 49.7 Å². The van der Waals surface area contributed by atoms with Crippen LogP contribution < -0.4 is 20.7 Å². The molecule has 6 aliphatic rings. The summed E-state index contributed by atoms with van der Waals surface area (Å²) >= 11 is 0. The van der Waals surface area contributed by atoms with E-state index in [0.717, 1.165) is 62.2 Å². The zero-order valence-electron chi connectivity index (χ0n) is 43.0. The number of methoxy groups -OCH3 is 1. The fraction of sp³-hybridized carbons (Fsp3) is 0.603. The Kier molecular flexibility index (Phi) is 19.0. The topological polar surface area (TPSA) is 155 Å². The first-order chi connectivity index (χ1) is 33.3. The maximum atomic E-state index is 12.7. The first-order valence-corrected chi connectivity index (χ1v) is 26.2. The predicted octanol–water partition coefficient (Wildman–Crippen LogP) is 11.6. The van der Waals surface area contributed by atoms with E-state index in [0.29, 0.717) is 62.5 Å². The van der Waals surface area contributed by atoms with Crippen molar-refractivity contribution < 1.29 is 38.8 Å². The number of benzene rings is 3. The highest BCUT2D eigenvalue weighted by Gasteiger charge is 2.58. The lowest BCUT2D eigenvalue weighted by molar-refractivity contribution is -0.109. The highest BCUT2D eigenvalue weighted by Crippen LogP contribution is 2.67. The molecule has 4 aliphatic carbocycles. The third kappa shape index (κ3) is 11.6. The minimum absolute atomic E-state index is 0.00615. The maximum absolute atomic E-state index is 12.7. The number of aldehydes is 1. The van der Waals surface area contributed by atoms with Gasteiger partial charge >= 0.3 is 5.97 Å². The highest BCUT2D eigenvalue weighted by atomic mass is 16.6. The molecule has 7 unspecified atom stereocenters. The summed E-state index contributed by atoms with van der Waals surface area (Å²) in [5.41, 5.74) is 3.91. The van der Waals surface area contributed by atoms with E-state index in [-0.39, 0.29) is 11.5 Å². The first kappa shape index (κ1) is 53.6. The van der Waals surface area contributed by atoms with E-state index in [1.54, 1.807) is 29.8 Å². The van der Waals surface area contributed by atoms with Crippen LogP contribution in [0.2, 0.25) is 0 Å². The Hall–Kier alpha value is -4.71. The molecule has 7 atom stereocenters. The van der Waals surface area contributed by atoms with Gasteiger partial charge in [-0.2, -0.15) is 0 Å². The number of allylic oxidation sites excluding steroid dienone is 1. The summed E-state index contributed by atoms with van der Waals surface area (Å²) in [5, 5.41) is 28.6. The van der Waals surface area contributed by atoms with Crippen molar-refractivity contribution in [2.24, 2.45) is 40.4 Å². The molecule has 2 aliphatic heterocycles. The number of carbonyl (C=O) groups is 3. The second kappa shape index (κ2) is 24.4. The molecular weight excluding hydrogens is 867 g/mol. The van der Waals surface area contributed by atoms with Crippen LogP contribution in [-0.4, -0.2) is 75.3 Å². The number of esters is 1. The van der Waals surface area contributed by atoms with Crippen LogP contribution in [0.3, 0.4) is 0 Å². The molecule has 5 N–H and O–H groups in total. The molecule has 11 nitrogen and oxygen atoms in total. The summed E-state index contributed by atoms with van der Waals surface area (Å²) in [7, 11) is 3.87. The minimum atomic E-state index is -1.29. The summed E-state index contributed by atoms with van der Waals surface area (Å²) in [5.74, 6) is 4.84. The summed E-state index contributed by atoms with van der Waals surface area (Å²) in [6, 6.07) is 13.9. The lowest BCUT2D eigenvalue weighted by Gasteiger charge is -2.58. The molecule has 9 rings (SSSR count). The normalized spacial score (nSPS) is 26.2. The van der Waals surface area contributed by atoms with E-state index >= 15 is 0 Å². The van der Waals surface area contributed by atoms with Crippen molar-refractivity contribution >= 4 is 18.7 Å². The van der Waals surface area contributed by atoms with Crippen LogP contribution in [0, 0.1) is 40.4 Å². The molecule has 3 aromatic carbocycles. The zero-order chi connectivity index (χ0) is 49.8. The van der Waals surface area contributed by atoms with Gasteiger partial charge in [-0.05, 0) is 162 Å². The van der Waals surface area contributed by atoms with Crippen LogP contribution in [0.1, 0.15) is 169 Å². The smallest absolute Gasteiger partial charge is 0.340 e. The number of unbranched alkanes of at least 4 members (excludes halogenated alkanes) is 2. The monoisotopic (exact) mass is 950 g/mol. The summed E-state index contributed by atoms with van der Waals surface area (Å²) in [4.78, 5) is 33.6. The standard InChI is InChI=1S/C27H46O.C21H12O6.C8H19N3O.C2H6/c1-19(2)8-6-7-9-20-11-13-24-23-12-10-21-18-22(28-5)14-16-27(21,4)25(23)15-17-26(20,24)3;22-10-11-1-4-15-14(7-11)20(25)27-21(15)16-5-2-12(23)8-18(16)26-19-9-13(24)3-6-17(19)21;1-9-4-2-3-5-10-6-7-11-8-12;1-2/h10,19-20,22-25H,6-9,11-18H2,1-5H3;1-10,23-24H;8-10H,2-7H2,1H3,(H,11,12);1-2H3.